The van der Waals surface area contributed by atoms with Gasteiger partial charge in [-0.05, 0) is 59.2 Å². The van der Waals surface area contributed by atoms with Gasteiger partial charge in [-0.15, -0.1) is 0 Å². The zero-order chi connectivity index (χ0) is 33.2. The van der Waals surface area contributed by atoms with Crippen LogP contribution in [-0.4, -0.2) is 16.8 Å². The van der Waals surface area contributed by atoms with Crippen LogP contribution in [0.3, 0.4) is 0 Å². The van der Waals surface area contributed by atoms with Crippen LogP contribution in [0.25, 0.3) is 0 Å². The van der Waals surface area contributed by atoms with Gasteiger partial charge in [0.25, 0.3) is 0 Å². The molecular weight excluding hydrogens is 584 g/mol. The number of rotatable bonds is 2. The van der Waals surface area contributed by atoms with Crippen LogP contribution in [0.5, 0.6) is 0 Å². The normalized spacial score (nSPS) is 30.8. The number of ether oxygens (including phenoxy) is 1. The van der Waals surface area contributed by atoms with Gasteiger partial charge in [0.1, 0.15) is 0 Å². The van der Waals surface area contributed by atoms with Crippen molar-refractivity contribution in [3.8, 4) is 0 Å². The number of hydrogen-bond donors (Lipinski definition) is 1. The van der Waals surface area contributed by atoms with Crippen molar-refractivity contribution in [3.05, 3.63) is 51.5 Å². The Morgan fingerprint density at radius 1 is 0.550 bits per heavy atom. The van der Waals surface area contributed by atoms with Gasteiger partial charge < -0.3 is 0 Å². The van der Waals surface area contributed by atoms with E-state index in [0.29, 0.717) is 11.3 Å². The second kappa shape index (κ2) is 34.4. The van der Waals surface area contributed by atoms with Crippen LogP contribution < -0.4 is 0 Å². The molecule has 0 heterocycles. The molecule has 1 N–H and O–H groups in total. The fraction of sp³-hybridized carbons (Fsp3) is 0.710. The van der Waals surface area contributed by atoms with Crippen LogP contribution in [0.4, 0.5) is 0 Å². The van der Waals surface area contributed by atoms with Gasteiger partial charge in [-0.25, -0.2) is 0 Å². The van der Waals surface area contributed by atoms with E-state index >= 15 is 0 Å². The molecule has 0 saturated heterocycles. The van der Waals surface area contributed by atoms with Crippen molar-refractivity contribution >= 4 is 4.57 Å². The van der Waals surface area contributed by atoms with Crippen molar-refractivity contribution < 1.29 is 70.7 Å². The minimum Gasteiger partial charge on any atom is 3.00 e. The van der Waals surface area contributed by atoms with Gasteiger partial charge in [-0.1, -0.05) is 69.2 Å². The van der Waals surface area contributed by atoms with E-state index in [-0.39, 0.29) is 26.3 Å². The zero-order valence-corrected chi connectivity index (χ0v) is 29.1. The summed E-state index contributed by atoms with van der Waals surface area (Å²) in [7, 11) is 1.53. The third kappa shape index (κ3) is 20.1. The Kier molecular flexibility index (Phi) is 47.4. The van der Waals surface area contributed by atoms with Crippen molar-refractivity contribution in [2.45, 2.75) is 76.2 Å². The van der Waals surface area contributed by atoms with E-state index in [1.807, 2.05) is 0 Å². The molecule has 40 heavy (non-hydrogen) atoms. The molecule has 0 amide bonds. The second-order valence-electron chi connectivity index (χ2n) is 10.1. The van der Waals surface area contributed by atoms with Crippen LogP contribution in [-0.2, 0) is 65.6 Å². The van der Waals surface area contributed by atoms with Gasteiger partial charge in [-0.2, -0.15) is 0 Å². The molecule has 223 valence electrons. The van der Waals surface area contributed by atoms with Gasteiger partial charge in [0.05, 0.1) is 0 Å². The molecule has 1 radical (unpaired) electrons. The van der Waals surface area contributed by atoms with Gasteiger partial charge >= 0.3 is 141 Å². The number of hydrogen-bond acceptors (Lipinski definition) is 2. The predicted octanol–water partition coefficient (Wildman–Crippen LogP) is 6.96. The predicted molar refractivity (Wildman–Crippen MR) is 143 cm³/mol. The Morgan fingerprint density at radius 2 is 0.675 bits per heavy atom. The molecule has 0 aliphatic heterocycles. The molecule has 0 aromatic carbocycles. The van der Waals surface area contributed by atoms with E-state index in [1.165, 1.54) is 7.11 Å². The third-order valence-corrected chi connectivity index (χ3v) is 9.67. The first-order valence-corrected chi connectivity index (χ1v) is 13.2. The first-order valence-electron chi connectivity index (χ1n) is 12.5. The number of methoxy groups -OCH3 is 1. The molecule has 0 spiro atoms. The summed E-state index contributed by atoms with van der Waals surface area (Å²) < 4.78 is 42.4. The number of aliphatic hydroxyl groups is 1. The van der Waals surface area contributed by atoms with Gasteiger partial charge in [0.2, 0.25) is 0 Å². The summed E-state index contributed by atoms with van der Waals surface area (Å²) in [5, 5.41) is 8.78. The fourth-order valence-corrected chi connectivity index (χ4v) is 5.29. The molecule has 0 aromatic heterocycles. The summed E-state index contributed by atoms with van der Waals surface area (Å²) >= 11 is 2.43. The molecule has 2 aliphatic rings. The molecule has 2 fully saturated rings. The average Bonchev–Trinajstić information content (AvgIpc) is 3.27. The minimum absolute atomic E-state index is 0. The van der Waals surface area contributed by atoms with Gasteiger partial charge in [-0.3, -0.25) is 0 Å². The van der Waals surface area contributed by atoms with Crippen molar-refractivity contribution in [3.63, 3.8) is 0 Å². The standard InChI is InChI=1S/2C10H20.C6H9O2.5CO.Cr.Ti/c2*1-6-7(2)9(4)10(5)8(6)3;1-5(4-7)6(2)8-3;5*1-2;;/h2*6-10H,1-5H3;7H,1H2,2-3H3;;;;;;;/q;;-1;;;;;;;+3/b;;6-5+;;;;;;;. The van der Waals surface area contributed by atoms with Crippen LogP contribution >= 0.6 is 0 Å². The van der Waals surface area contributed by atoms with E-state index in [4.69, 9.17) is 33.1 Å². The molecule has 0 unspecified atom stereocenters. The summed E-state index contributed by atoms with van der Waals surface area (Å²) in [6, 6.07) is 0. The molecule has 9 heteroatoms. The van der Waals surface area contributed by atoms with Crippen molar-refractivity contribution in [1.82, 2.24) is 0 Å². The minimum atomic E-state index is 0. The molecule has 0 aromatic rings. The Morgan fingerprint density at radius 3 is 0.725 bits per heavy atom. The Bertz CT molecular complexity index is 603. The van der Waals surface area contributed by atoms with Crippen molar-refractivity contribution in [2.75, 3.05) is 7.11 Å². The monoisotopic (exact) mass is 633 g/mol. The van der Waals surface area contributed by atoms with Crippen LogP contribution in [0, 0.1) is 99.4 Å². The third-order valence-electron chi connectivity index (χ3n) is 9.28. The summed E-state index contributed by atoms with van der Waals surface area (Å²) in [4.78, 5) is 0. The zero-order valence-electron chi connectivity index (χ0n) is 26.3. The van der Waals surface area contributed by atoms with Crippen molar-refractivity contribution in [1.29, 1.82) is 0 Å². The van der Waals surface area contributed by atoms with Gasteiger partial charge in [0, 0.05) is 0 Å². The molecule has 2 aliphatic carbocycles. The number of aliphatic hydroxyl groups excluding tert-OH is 1. The van der Waals surface area contributed by atoms with Gasteiger partial charge in [0.15, 0.2) is 0 Å². The van der Waals surface area contributed by atoms with Crippen LogP contribution in [0.15, 0.2) is 11.3 Å². The first-order chi connectivity index (χ1) is 18.2. The Hall–Kier alpha value is -0.813. The SMILES string of the molecule is CC1C(C)C(C)C(C)C1C.CC1C(C)C(C)C(C)C1C.[C-]#[O+].[C-]#[O+].[C-]#[O+].[C-]#[O+].[C-]#[O+].[CH2-]/C([C](O)=[Cr])=C(/C)OC.[Ti+3]. The molecule has 0 atom stereocenters. The number of allylic oxidation sites excluding steroid dienone is 1. The van der Waals surface area contributed by atoms with E-state index < -0.39 is 0 Å². The maximum Gasteiger partial charge on any atom is 3.00 e. The van der Waals surface area contributed by atoms with E-state index in [0.717, 1.165) is 59.2 Å². The van der Waals surface area contributed by atoms with Crippen molar-refractivity contribution in [2.24, 2.45) is 59.2 Å². The molecular formula is C31H49CrO7Ti+2. The maximum atomic E-state index is 8.78. The van der Waals surface area contributed by atoms with Crippen LogP contribution in [0.1, 0.15) is 76.2 Å². The molecule has 2 saturated carbocycles. The molecule has 2 rings (SSSR count). The smallest absolute Gasteiger partial charge is 3.00 e. The fourth-order valence-electron chi connectivity index (χ4n) is 5.06. The second-order valence-corrected chi connectivity index (χ2v) is 10.7. The maximum absolute atomic E-state index is 8.78. The van der Waals surface area contributed by atoms with E-state index in [1.54, 1.807) is 6.92 Å². The topological polar surface area (TPSA) is 129 Å². The average molecular weight is 634 g/mol. The quantitative estimate of drug-likeness (QED) is 0.153. The summed E-state index contributed by atoms with van der Waals surface area (Å²) in [5.41, 5.74) is 0.498. The summed E-state index contributed by atoms with van der Waals surface area (Å²) in [5.74, 6) is 9.97. The first kappa shape index (κ1) is 55.2. The van der Waals surface area contributed by atoms with E-state index in [9.17, 15) is 0 Å². The summed E-state index contributed by atoms with van der Waals surface area (Å²) in [6.45, 7) is 51.8. The molecule has 0 bridgehead atoms. The van der Waals surface area contributed by atoms with E-state index in [2.05, 4.69) is 125 Å². The molecule has 7 nitrogen and oxygen atoms in total. The largest absolute Gasteiger partial charge is 3.00 e. The summed E-state index contributed by atoms with van der Waals surface area (Å²) in [6.07, 6.45) is 0. The van der Waals surface area contributed by atoms with Crippen LogP contribution in [0.2, 0.25) is 0 Å². The Labute approximate surface area is 268 Å². The Balaban J connectivity index is -0.0000000697.